The molecule has 0 N–H and O–H groups in total. The Morgan fingerprint density at radius 1 is 1.19 bits per heavy atom. The first kappa shape index (κ1) is 18.5. The molecule has 0 heterocycles. The molecule has 0 aromatic heterocycles. The van der Waals surface area contributed by atoms with Gasteiger partial charge in [0.15, 0.2) is 0 Å². The van der Waals surface area contributed by atoms with Crippen LogP contribution in [0.1, 0.15) is 35.8 Å². The maximum Gasteiger partial charge on any atom is 0.245 e. The summed E-state index contributed by atoms with van der Waals surface area (Å²) in [5.74, 6) is 0.758. The molecule has 2 unspecified atom stereocenters. The Bertz CT molecular complexity index is 742. The van der Waals surface area contributed by atoms with Crippen LogP contribution in [0.15, 0.2) is 66.7 Å². The van der Waals surface area contributed by atoms with Gasteiger partial charge in [0.05, 0.1) is 13.2 Å². The molecule has 4 heteroatoms. The van der Waals surface area contributed by atoms with E-state index < -0.39 is 5.38 Å². The number of nitrogens with zero attached hydrogens (tertiary/aromatic N) is 1. The highest BCUT2D eigenvalue weighted by Crippen LogP contribution is 2.28. The summed E-state index contributed by atoms with van der Waals surface area (Å²) in [7, 11) is 1.65. The smallest absolute Gasteiger partial charge is 0.245 e. The molecule has 0 saturated heterocycles. The Hall–Kier alpha value is -2.26. The topological polar surface area (TPSA) is 29.5 Å². The Morgan fingerprint density at radius 2 is 1.92 bits per heavy atom. The van der Waals surface area contributed by atoms with Crippen LogP contribution in [-0.2, 0) is 11.3 Å². The zero-order valence-electron chi connectivity index (χ0n) is 15.0. The highest BCUT2D eigenvalue weighted by Gasteiger charge is 2.29. The van der Waals surface area contributed by atoms with Crippen molar-refractivity contribution in [3.63, 3.8) is 0 Å². The van der Waals surface area contributed by atoms with Crippen LogP contribution in [0.3, 0.4) is 0 Å². The Labute approximate surface area is 160 Å². The number of allylic oxidation sites excluding steroid dienone is 1. The van der Waals surface area contributed by atoms with E-state index in [4.69, 9.17) is 16.3 Å². The molecule has 0 radical (unpaired) electrons. The highest BCUT2D eigenvalue weighted by atomic mass is 35.5. The third-order valence-corrected chi connectivity index (χ3v) is 5.17. The van der Waals surface area contributed by atoms with Gasteiger partial charge in [0, 0.05) is 6.54 Å². The molecule has 1 aliphatic carbocycles. The number of rotatable bonds is 6. The maximum absolute atomic E-state index is 13.2. The molecule has 0 aliphatic heterocycles. The van der Waals surface area contributed by atoms with E-state index in [1.807, 2.05) is 59.5 Å². The zero-order valence-corrected chi connectivity index (χ0v) is 15.7. The maximum atomic E-state index is 13.2. The van der Waals surface area contributed by atoms with Gasteiger partial charge in [0.2, 0.25) is 5.91 Å². The van der Waals surface area contributed by atoms with E-state index in [1.54, 1.807) is 7.11 Å². The number of hydrogen-bond acceptors (Lipinski definition) is 2. The molecule has 26 heavy (non-hydrogen) atoms. The zero-order chi connectivity index (χ0) is 18.4. The van der Waals surface area contributed by atoms with Crippen LogP contribution in [0.25, 0.3) is 0 Å². The average molecular weight is 370 g/mol. The fraction of sp³-hybridized carbons (Fsp3) is 0.318. The van der Waals surface area contributed by atoms with Crippen LogP contribution in [-0.4, -0.2) is 24.0 Å². The van der Waals surface area contributed by atoms with Crippen molar-refractivity contribution in [3.05, 3.63) is 77.9 Å². The molecule has 0 saturated carbocycles. The first-order valence-electron chi connectivity index (χ1n) is 8.98. The molecule has 0 bridgehead atoms. The lowest BCUT2D eigenvalue weighted by atomic mass is 9.99. The van der Waals surface area contributed by atoms with Gasteiger partial charge in [-0.2, -0.15) is 0 Å². The van der Waals surface area contributed by atoms with Crippen LogP contribution in [0.5, 0.6) is 5.75 Å². The summed E-state index contributed by atoms with van der Waals surface area (Å²) >= 11 is 6.55. The number of hydrogen-bond donors (Lipinski definition) is 0. The summed E-state index contributed by atoms with van der Waals surface area (Å²) < 4.78 is 5.22. The van der Waals surface area contributed by atoms with Crippen molar-refractivity contribution in [2.75, 3.05) is 7.11 Å². The highest BCUT2D eigenvalue weighted by molar-refractivity contribution is 6.30. The van der Waals surface area contributed by atoms with E-state index >= 15 is 0 Å². The molecule has 1 amide bonds. The second kappa shape index (κ2) is 8.91. The first-order chi connectivity index (χ1) is 12.7. The molecule has 3 rings (SSSR count). The van der Waals surface area contributed by atoms with Crippen LogP contribution < -0.4 is 4.74 Å². The lowest BCUT2D eigenvalue weighted by Crippen LogP contribution is -2.41. The van der Waals surface area contributed by atoms with E-state index in [0.29, 0.717) is 6.54 Å². The number of benzene rings is 2. The summed E-state index contributed by atoms with van der Waals surface area (Å²) in [5.41, 5.74) is 1.90. The second-order valence-electron chi connectivity index (χ2n) is 6.51. The lowest BCUT2D eigenvalue weighted by Gasteiger charge is -2.33. The first-order valence-corrected chi connectivity index (χ1v) is 9.42. The molecule has 0 fully saturated rings. The van der Waals surface area contributed by atoms with Crippen LogP contribution in [0.4, 0.5) is 0 Å². The number of carbonyl (C=O) groups excluding carboxylic acids is 1. The average Bonchev–Trinajstić information content (AvgIpc) is 2.72. The Morgan fingerprint density at radius 3 is 2.54 bits per heavy atom. The van der Waals surface area contributed by atoms with Gasteiger partial charge in [-0.1, -0.05) is 54.6 Å². The quantitative estimate of drug-likeness (QED) is 0.523. The van der Waals surface area contributed by atoms with Gasteiger partial charge >= 0.3 is 0 Å². The van der Waals surface area contributed by atoms with Crippen LogP contribution in [0, 0.1) is 0 Å². The van der Waals surface area contributed by atoms with Crippen molar-refractivity contribution in [2.24, 2.45) is 0 Å². The van der Waals surface area contributed by atoms with Gasteiger partial charge in [0.1, 0.15) is 11.1 Å². The minimum absolute atomic E-state index is 0.0507. The van der Waals surface area contributed by atoms with E-state index in [1.165, 1.54) is 0 Å². The van der Waals surface area contributed by atoms with Crippen LogP contribution in [0.2, 0.25) is 0 Å². The van der Waals surface area contributed by atoms with E-state index in [9.17, 15) is 4.79 Å². The predicted octanol–water partition coefficient (Wildman–Crippen LogP) is 5.11. The van der Waals surface area contributed by atoms with E-state index in [2.05, 4.69) is 12.2 Å². The van der Waals surface area contributed by atoms with Crippen molar-refractivity contribution < 1.29 is 9.53 Å². The third kappa shape index (κ3) is 4.47. The minimum atomic E-state index is -0.676. The van der Waals surface area contributed by atoms with Gasteiger partial charge in [0.25, 0.3) is 0 Å². The Kier molecular flexibility index (Phi) is 6.35. The Balaban J connectivity index is 1.83. The minimum Gasteiger partial charge on any atom is -0.497 e. The molecule has 2 aromatic carbocycles. The standard InChI is InChI=1S/C22H24ClNO2/c1-26-20-14-12-17(13-15-20)16-24(19-10-6-3-7-11-19)22(25)21(23)18-8-4-2-5-9-18/h2,4-6,8-10,12-15,19,21H,3,7,11,16H2,1H3. The van der Waals surface area contributed by atoms with Crippen molar-refractivity contribution in [1.82, 2.24) is 4.90 Å². The molecular formula is C22H24ClNO2. The number of carbonyl (C=O) groups is 1. The number of ether oxygens (including phenoxy) is 1. The van der Waals surface area contributed by atoms with Crippen LogP contribution >= 0.6 is 11.6 Å². The number of halogens is 1. The lowest BCUT2D eigenvalue weighted by molar-refractivity contribution is -0.133. The molecule has 136 valence electrons. The number of methoxy groups -OCH3 is 1. The monoisotopic (exact) mass is 369 g/mol. The van der Waals surface area contributed by atoms with Crippen molar-refractivity contribution in [3.8, 4) is 5.75 Å². The summed E-state index contributed by atoms with van der Waals surface area (Å²) in [4.78, 5) is 15.1. The van der Waals surface area contributed by atoms with Gasteiger partial charge in [-0.15, -0.1) is 11.6 Å². The van der Waals surface area contributed by atoms with Gasteiger partial charge in [-0.05, 0) is 42.5 Å². The van der Waals surface area contributed by atoms with Crippen molar-refractivity contribution >= 4 is 17.5 Å². The summed E-state index contributed by atoms with van der Waals surface area (Å²) in [6, 6.07) is 17.5. The van der Waals surface area contributed by atoms with Gasteiger partial charge in [-0.25, -0.2) is 0 Å². The van der Waals surface area contributed by atoms with E-state index in [0.717, 1.165) is 36.1 Å². The number of alkyl halides is 1. The third-order valence-electron chi connectivity index (χ3n) is 4.73. The fourth-order valence-electron chi connectivity index (χ4n) is 3.25. The number of amides is 1. The SMILES string of the molecule is COc1ccc(CN(C(=O)C(Cl)c2ccccc2)C2C=CCCC2)cc1. The van der Waals surface area contributed by atoms with E-state index in [-0.39, 0.29) is 11.9 Å². The summed E-state index contributed by atoms with van der Waals surface area (Å²) in [5, 5.41) is -0.676. The fourth-order valence-corrected chi connectivity index (χ4v) is 3.52. The van der Waals surface area contributed by atoms with Crippen molar-refractivity contribution in [2.45, 2.75) is 37.2 Å². The normalized spacial score (nSPS) is 17.5. The molecule has 2 aromatic rings. The summed E-state index contributed by atoms with van der Waals surface area (Å²) in [6.07, 6.45) is 7.43. The van der Waals surface area contributed by atoms with Gasteiger partial charge in [-0.3, -0.25) is 4.79 Å². The molecule has 2 atom stereocenters. The summed E-state index contributed by atoms with van der Waals surface area (Å²) in [6.45, 7) is 0.536. The molecule has 0 spiro atoms. The predicted molar refractivity (Wildman–Crippen MR) is 105 cm³/mol. The second-order valence-corrected chi connectivity index (χ2v) is 6.95. The van der Waals surface area contributed by atoms with Crippen molar-refractivity contribution in [1.29, 1.82) is 0 Å². The largest absolute Gasteiger partial charge is 0.497 e. The molecule has 3 nitrogen and oxygen atoms in total. The molecular weight excluding hydrogens is 346 g/mol. The van der Waals surface area contributed by atoms with Gasteiger partial charge < -0.3 is 9.64 Å². The molecule has 1 aliphatic rings.